The molecule has 0 heterocycles. The molecule has 3 N–H and O–H groups in total. The molecular weight excluding hydrogens is 114 g/mol. The molecule has 1 aliphatic carbocycles. The van der Waals surface area contributed by atoms with Crippen LogP contribution in [0.2, 0.25) is 0 Å². The van der Waals surface area contributed by atoms with E-state index in [9.17, 15) is 5.11 Å². The van der Waals surface area contributed by atoms with Gasteiger partial charge >= 0.3 is 0 Å². The molecule has 1 saturated carbocycles. The van der Waals surface area contributed by atoms with Gasteiger partial charge in [0.2, 0.25) is 0 Å². The lowest BCUT2D eigenvalue weighted by Crippen LogP contribution is -2.38. The Morgan fingerprint density at radius 1 is 1.44 bits per heavy atom. The molecule has 2 nitrogen and oxygen atoms in total. The summed E-state index contributed by atoms with van der Waals surface area (Å²) in [4.78, 5) is 0. The standard InChI is InChI=1S/C7H15NO/c1-7(2)5(8)3-4-6(7)9/h5-6,9H,3-4,8H2,1-2H3/t5-,6+/m1/s1. The van der Waals surface area contributed by atoms with E-state index >= 15 is 0 Å². The molecule has 2 atom stereocenters. The molecule has 0 aliphatic heterocycles. The highest BCUT2D eigenvalue weighted by molar-refractivity contribution is 4.94. The molecule has 1 rings (SSSR count). The lowest BCUT2D eigenvalue weighted by Gasteiger charge is -2.26. The summed E-state index contributed by atoms with van der Waals surface area (Å²) in [6.07, 6.45) is 1.65. The third-order valence-corrected chi connectivity index (χ3v) is 2.57. The topological polar surface area (TPSA) is 46.2 Å². The normalized spacial score (nSPS) is 41.3. The molecule has 54 valence electrons. The average Bonchev–Trinajstić information content (AvgIpc) is 1.96. The van der Waals surface area contributed by atoms with E-state index < -0.39 is 0 Å². The quantitative estimate of drug-likeness (QED) is 0.500. The van der Waals surface area contributed by atoms with Crippen molar-refractivity contribution in [3.63, 3.8) is 0 Å². The van der Waals surface area contributed by atoms with Gasteiger partial charge < -0.3 is 10.8 Å². The number of nitrogens with two attached hydrogens (primary N) is 1. The molecule has 0 amide bonds. The second-order valence-electron chi connectivity index (χ2n) is 3.52. The van der Waals surface area contributed by atoms with Crippen LogP contribution in [-0.2, 0) is 0 Å². The van der Waals surface area contributed by atoms with Crippen molar-refractivity contribution in [3.8, 4) is 0 Å². The Labute approximate surface area is 56.1 Å². The molecule has 0 aromatic carbocycles. The highest BCUT2D eigenvalue weighted by Gasteiger charge is 2.39. The van der Waals surface area contributed by atoms with Crippen molar-refractivity contribution in [2.45, 2.75) is 38.8 Å². The smallest absolute Gasteiger partial charge is 0.0606 e. The lowest BCUT2D eigenvalue weighted by atomic mass is 9.86. The van der Waals surface area contributed by atoms with Crippen LogP contribution in [0.5, 0.6) is 0 Å². The van der Waals surface area contributed by atoms with Crippen molar-refractivity contribution in [2.24, 2.45) is 11.1 Å². The summed E-state index contributed by atoms with van der Waals surface area (Å²) in [6.45, 7) is 4.05. The summed E-state index contributed by atoms with van der Waals surface area (Å²) in [7, 11) is 0. The molecule has 0 bridgehead atoms. The van der Waals surface area contributed by atoms with Gasteiger partial charge in [-0.3, -0.25) is 0 Å². The summed E-state index contributed by atoms with van der Waals surface area (Å²) >= 11 is 0. The Bertz CT molecular complexity index is 99.5. The van der Waals surface area contributed by atoms with Gasteiger partial charge in [0.05, 0.1) is 6.10 Å². The number of aliphatic hydroxyl groups excluding tert-OH is 1. The van der Waals surface area contributed by atoms with E-state index in [0.717, 1.165) is 12.8 Å². The van der Waals surface area contributed by atoms with Crippen LogP contribution in [0, 0.1) is 5.41 Å². The van der Waals surface area contributed by atoms with E-state index in [-0.39, 0.29) is 17.6 Å². The van der Waals surface area contributed by atoms with Crippen LogP contribution in [0.1, 0.15) is 26.7 Å². The third kappa shape index (κ3) is 0.970. The van der Waals surface area contributed by atoms with Crippen molar-refractivity contribution >= 4 is 0 Å². The molecule has 1 aliphatic rings. The highest BCUT2D eigenvalue weighted by Crippen LogP contribution is 2.35. The van der Waals surface area contributed by atoms with Crippen molar-refractivity contribution in [3.05, 3.63) is 0 Å². The van der Waals surface area contributed by atoms with E-state index in [1.54, 1.807) is 0 Å². The van der Waals surface area contributed by atoms with Gasteiger partial charge in [0, 0.05) is 11.5 Å². The molecule has 0 saturated heterocycles. The fourth-order valence-corrected chi connectivity index (χ4v) is 1.33. The van der Waals surface area contributed by atoms with Crippen molar-refractivity contribution in [2.75, 3.05) is 0 Å². The molecule has 1 fully saturated rings. The van der Waals surface area contributed by atoms with Gasteiger partial charge in [0.15, 0.2) is 0 Å². The lowest BCUT2D eigenvalue weighted by molar-refractivity contribution is 0.0718. The fourth-order valence-electron chi connectivity index (χ4n) is 1.33. The van der Waals surface area contributed by atoms with E-state index in [0.29, 0.717) is 0 Å². The van der Waals surface area contributed by atoms with Crippen LogP contribution in [0.4, 0.5) is 0 Å². The first-order valence-electron chi connectivity index (χ1n) is 3.49. The predicted octanol–water partition coefficient (Wildman–Crippen LogP) is 0.495. The summed E-state index contributed by atoms with van der Waals surface area (Å²) < 4.78 is 0. The number of hydrogen-bond acceptors (Lipinski definition) is 2. The van der Waals surface area contributed by atoms with Crippen LogP contribution < -0.4 is 5.73 Å². The summed E-state index contributed by atoms with van der Waals surface area (Å²) in [5.41, 5.74) is 5.69. The zero-order chi connectivity index (χ0) is 7.07. The summed E-state index contributed by atoms with van der Waals surface area (Å²) in [6, 6.07) is 0.187. The maximum Gasteiger partial charge on any atom is 0.0606 e. The monoisotopic (exact) mass is 129 g/mol. The fraction of sp³-hybridized carbons (Fsp3) is 1.00. The Morgan fingerprint density at radius 3 is 2.11 bits per heavy atom. The maximum absolute atomic E-state index is 9.35. The van der Waals surface area contributed by atoms with Gasteiger partial charge in [-0.25, -0.2) is 0 Å². The van der Waals surface area contributed by atoms with Gasteiger partial charge in [-0.1, -0.05) is 13.8 Å². The molecule has 9 heavy (non-hydrogen) atoms. The Balaban J connectivity index is 2.66. The van der Waals surface area contributed by atoms with Crippen molar-refractivity contribution < 1.29 is 5.11 Å². The van der Waals surface area contributed by atoms with Crippen molar-refractivity contribution in [1.29, 1.82) is 0 Å². The SMILES string of the molecule is CC1(C)[C@H](N)CC[C@@H]1O. The van der Waals surface area contributed by atoms with Crippen LogP contribution in [-0.4, -0.2) is 17.3 Å². The van der Waals surface area contributed by atoms with Gasteiger partial charge in [0.1, 0.15) is 0 Å². The zero-order valence-electron chi connectivity index (χ0n) is 6.09. The van der Waals surface area contributed by atoms with Gasteiger partial charge in [-0.2, -0.15) is 0 Å². The van der Waals surface area contributed by atoms with Gasteiger partial charge in [0.25, 0.3) is 0 Å². The second kappa shape index (κ2) is 1.96. The molecule has 0 aromatic heterocycles. The first kappa shape index (κ1) is 7.03. The second-order valence-corrected chi connectivity index (χ2v) is 3.52. The molecule has 0 unspecified atom stereocenters. The molecular formula is C7H15NO. The summed E-state index contributed by atoms with van der Waals surface area (Å²) in [5.74, 6) is 0. The van der Waals surface area contributed by atoms with Gasteiger partial charge in [-0.15, -0.1) is 0 Å². The number of aliphatic hydroxyl groups is 1. The predicted molar refractivity (Wildman–Crippen MR) is 37.0 cm³/mol. The summed E-state index contributed by atoms with van der Waals surface area (Å²) in [5, 5.41) is 9.35. The van der Waals surface area contributed by atoms with E-state index in [1.807, 2.05) is 13.8 Å². The first-order chi connectivity index (χ1) is 4.05. The molecule has 2 heteroatoms. The zero-order valence-corrected chi connectivity index (χ0v) is 6.09. The van der Waals surface area contributed by atoms with E-state index in [2.05, 4.69) is 0 Å². The van der Waals surface area contributed by atoms with Crippen LogP contribution in [0.15, 0.2) is 0 Å². The van der Waals surface area contributed by atoms with Crippen LogP contribution in [0.25, 0.3) is 0 Å². The molecule has 0 aromatic rings. The number of rotatable bonds is 0. The third-order valence-electron chi connectivity index (χ3n) is 2.57. The minimum absolute atomic E-state index is 0.0556. The Kier molecular flexibility index (Phi) is 1.53. The van der Waals surface area contributed by atoms with Crippen LogP contribution >= 0.6 is 0 Å². The van der Waals surface area contributed by atoms with Crippen molar-refractivity contribution in [1.82, 2.24) is 0 Å². The average molecular weight is 129 g/mol. The minimum atomic E-state index is -0.188. The molecule has 0 spiro atoms. The molecule has 0 radical (unpaired) electrons. The maximum atomic E-state index is 9.35. The van der Waals surface area contributed by atoms with E-state index in [1.165, 1.54) is 0 Å². The first-order valence-corrected chi connectivity index (χ1v) is 3.49. The highest BCUT2D eigenvalue weighted by atomic mass is 16.3. The minimum Gasteiger partial charge on any atom is -0.393 e. The largest absolute Gasteiger partial charge is 0.393 e. The Hall–Kier alpha value is -0.0800. The number of hydrogen-bond donors (Lipinski definition) is 2. The van der Waals surface area contributed by atoms with E-state index in [4.69, 9.17) is 5.73 Å². The van der Waals surface area contributed by atoms with Crippen LogP contribution in [0.3, 0.4) is 0 Å². The Morgan fingerprint density at radius 2 is 2.00 bits per heavy atom. The van der Waals surface area contributed by atoms with Gasteiger partial charge in [-0.05, 0) is 12.8 Å².